The van der Waals surface area contributed by atoms with Crippen LogP contribution in [0, 0.1) is 6.92 Å². The van der Waals surface area contributed by atoms with Crippen LogP contribution in [0.5, 0.6) is 0 Å². The number of carbonyl (C=O) groups excluding carboxylic acids is 3. The first-order chi connectivity index (χ1) is 18.0. The van der Waals surface area contributed by atoms with Crippen LogP contribution in [0.2, 0.25) is 5.02 Å². The maximum absolute atomic E-state index is 14.0. The van der Waals surface area contributed by atoms with Crippen LogP contribution < -0.4 is 20.9 Å². The standard InChI is InChI=1S/C30H33ClN4O3/c1-19-9-8-12-22(15-19)32-29(38)33-25-17-24(20-10-6-5-7-11-20)23-14-13-21(31)16-26(23)35(28(25)37)18-27(36)34-30(2,3)4/h5-16,24-25H,17-18H2,1-4H3,(H,34,36)(H2,32,33,38). The van der Waals surface area contributed by atoms with Crippen molar-refractivity contribution >= 4 is 40.8 Å². The van der Waals surface area contributed by atoms with Gasteiger partial charge in [-0.15, -0.1) is 0 Å². The summed E-state index contributed by atoms with van der Waals surface area (Å²) < 4.78 is 0. The summed E-state index contributed by atoms with van der Waals surface area (Å²) in [6.07, 6.45) is 0.316. The zero-order valence-electron chi connectivity index (χ0n) is 22.0. The van der Waals surface area contributed by atoms with Crippen LogP contribution in [-0.2, 0) is 9.59 Å². The van der Waals surface area contributed by atoms with Gasteiger partial charge in [0, 0.05) is 27.9 Å². The van der Waals surface area contributed by atoms with Gasteiger partial charge >= 0.3 is 6.03 Å². The molecule has 0 bridgehead atoms. The average Bonchev–Trinajstić information content (AvgIpc) is 2.94. The van der Waals surface area contributed by atoms with E-state index in [1.807, 2.05) is 82.3 Å². The lowest BCUT2D eigenvalue weighted by Gasteiger charge is -2.28. The highest BCUT2D eigenvalue weighted by Crippen LogP contribution is 2.40. The Labute approximate surface area is 228 Å². The van der Waals surface area contributed by atoms with Gasteiger partial charge in [0.15, 0.2) is 0 Å². The molecule has 2 unspecified atom stereocenters. The number of nitrogens with one attached hydrogen (secondary N) is 3. The van der Waals surface area contributed by atoms with Crippen LogP contribution >= 0.6 is 11.6 Å². The van der Waals surface area contributed by atoms with Crippen molar-refractivity contribution in [3.05, 3.63) is 94.5 Å². The topological polar surface area (TPSA) is 90.5 Å². The van der Waals surface area contributed by atoms with E-state index in [2.05, 4.69) is 16.0 Å². The Hall–Kier alpha value is -3.84. The van der Waals surface area contributed by atoms with Gasteiger partial charge in [-0.2, -0.15) is 0 Å². The number of carbonyl (C=O) groups is 3. The summed E-state index contributed by atoms with van der Waals surface area (Å²) in [4.78, 5) is 41.5. The van der Waals surface area contributed by atoms with Gasteiger partial charge < -0.3 is 20.9 Å². The van der Waals surface area contributed by atoms with Crippen molar-refractivity contribution in [1.29, 1.82) is 0 Å². The number of aryl methyl sites for hydroxylation is 1. The fourth-order valence-corrected chi connectivity index (χ4v) is 4.92. The van der Waals surface area contributed by atoms with Crippen molar-refractivity contribution in [2.75, 3.05) is 16.8 Å². The molecule has 0 radical (unpaired) electrons. The Morgan fingerprint density at radius 3 is 2.42 bits per heavy atom. The van der Waals surface area contributed by atoms with Crippen molar-refractivity contribution in [3.8, 4) is 0 Å². The van der Waals surface area contributed by atoms with E-state index in [1.54, 1.807) is 18.2 Å². The first-order valence-corrected chi connectivity index (χ1v) is 13.0. The SMILES string of the molecule is Cc1cccc(NC(=O)NC2CC(c3ccccc3)c3ccc(Cl)cc3N(CC(=O)NC(C)(C)C)C2=O)c1. The van der Waals surface area contributed by atoms with Gasteiger partial charge in [-0.25, -0.2) is 4.79 Å². The highest BCUT2D eigenvalue weighted by molar-refractivity contribution is 6.31. The third kappa shape index (κ3) is 6.72. The number of nitrogens with zero attached hydrogens (tertiary/aromatic N) is 1. The number of hydrogen-bond acceptors (Lipinski definition) is 3. The van der Waals surface area contributed by atoms with Crippen LogP contribution in [0.3, 0.4) is 0 Å². The van der Waals surface area contributed by atoms with Crippen LogP contribution in [0.4, 0.5) is 16.2 Å². The monoisotopic (exact) mass is 532 g/mol. The van der Waals surface area contributed by atoms with Gasteiger partial charge in [-0.1, -0.05) is 60.1 Å². The summed E-state index contributed by atoms with van der Waals surface area (Å²) in [6.45, 7) is 7.37. The van der Waals surface area contributed by atoms with Crippen LogP contribution in [0.1, 0.15) is 49.8 Å². The largest absolute Gasteiger partial charge is 0.350 e. The van der Waals surface area contributed by atoms with Gasteiger partial charge in [-0.05, 0) is 75.1 Å². The van der Waals surface area contributed by atoms with Crippen molar-refractivity contribution in [1.82, 2.24) is 10.6 Å². The highest BCUT2D eigenvalue weighted by Gasteiger charge is 2.38. The molecule has 1 aliphatic heterocycles. The van der Waals surface area contributed by atoms with Gasteiger partial charge in [0.2, 0.25) is 11.8 Å². The summed E-state index contributed by atoms with van der Waals surface area (Å²) in [7, 11) is 0. The molecule has 3 aromatic carbocycles. The molecule has 0 saturated heterocycles. The first-order valence-electron chi connectivity index (χ1n) is 12.6. The lowest BCUT2D eigenvalue weighted by atomic mass is 9.86. The second-order valence-electron chi connectivity index (χ2n) is 10.6. The average molecular weight is 533 g/mol. The molecule has 8 heteroatoms. The molecule has 38 heavy (non-hydrogen) atoms. The third-order valence-electron chi connectivity index (χ3n) is 6.29. The Morgan fingerprint density at radius 1 is 1.00 bits per heavy atom. The molecule has 3 aromatic rings. The molecule has 3 N–H and O–H groups in total. The molecule has 4 rings (SSSR count). The molecule has 2 atom stereocenters. The minimum Gasteiger partial charge on any atom is -0.350 e. The second kappa shape index (κ2) is 11.3. The second-order valence-corrected chi connectivity index (χ2v) is 11.1. The number of anilines is 2. The number of fused-ring (bicyclic) bond motifs is 1. The van der Waals surface area contributed by atoms with E-state index in [0.29, 0.717) is 22.8 Å². The van der Waals surface area contributed by atoms with Crippen molar-refractivity contribution in [2.45, 2.75) is 51.6 Å². The summed E-state index contributed by atoms with van der Waals surface area (Å²) >= 11 is 6.39. The van der Waals surface area contributed by atoms with E-state index >= 15 is 0 Å². The Kier molecular flexibility index (Phi) is 8.07. The Bertz CT molecular complexity index is 1340. The van der Waals surface area contributed by atoms with E-state index in [-0.39, 0.29) is 24.3 Å². The normalized spacial score (nSPS) is 17.3. The quantitative estimate of drug-likeness (QED) is 0.398. The molecule has 7 nitrogen and oxygen atoms in total. The molecule has 198 valence electrons. The lowest BCUT2D eigenvalue weighted by Crippen LogP contribution is -2.53. The van der Waals surface area contributed by atoms with Gasteiger partial charge in [0.05, 0.1) is 0 Å². The Balaban J connectivity index is 1.72. The smallest absolute Gasteiger partial charge is 0.319 e. The molecular weight excluding hydrogens is 500 g/mol. The molecule has 0 fully saturated rings. The van der Waals surface area contributed by atoms with Crippen molar-refractivity contribution < 1.29 is 14.4 Å². The molecule has 1 heterocycles. The van der Waals surface area contributed by atoms with Gasteiger partial charge in [0.1, 0.15) is 12.6 Å². The lowest BCUT2D eigenvalue weighted by molar-refractivity contribution is -0.125. The maximum Gasteiger partial charge on any atom is 0.319 e. The van der Waals surface area contributed by atoms with E-state index < -0.39 is 17.6 Å². The molecular formula is C30H33ClN4O3. The minimum atomic E-state index is -0.890. The molecule has 0 aromatic heterocycles. The molecule has 0 saturated carbocycles. The third-order valence-corrected chi connectivity index (χ3v) is 6.53. The summed E-state index contributed by atoms with van der Waals surface area (Å²) in [5.41, 5.74) is 3.57. The van der Waals surface area contributed by atoms with Gasteiger partial charge in [-0.3, -0.25) is 9.59 Å². The molecule has 4 amide bonds. The maximum atomic E-state index is 14.0. The van der Waals surface area contributed by atoms with E-state index in [1.165, 1.54) is 4.90 Å². The van der Waals surface area contributed by atoms with Crippen LogP contribution in [-0.4, -0.2) is 36.0 Å². The number of benzene rings is 3. The number of amides is 4. The number of halogens is 1. The summed E-state index contributed by atoms with van der Waals surface area (Å²) in [5, 5.41) is 9.07. The predicted octanol–water partition coefficient (Wildman–Crippen LogP) is 5.62. The van der Waals surface area contributed by atoms with Crippen molar-refractivity contribution in [3.63, 3.8) is 0 Å². The Morgan fingerprint density at radius 2 is 1.74 bits per heavy atom. The van der Waals surface area contributed by atoms with E-state index in [9.17, 15) is 14.4 Å². The number of urea groups is 1. The fourth-order valence-electron chi connectivity index (χ4n) is 4.75. The van der Waals surface area contributed by atoms with Gasteiger partial charge in [0.25, 0.3) is 0 Å². The zero-order valence-corrected chi connectivity index (χ0v) is 22.8. The number of hydrogen-bond donors (Lipinski definition) is 3. The molecule has 0 aliphatic carbocycles. The predicted molar refractivity (Wildman–Crippen MR) is 152 cm³/mol. The minimum absolute atomic E-state index is 0.206. The molecule has 1 aliphatic rings. The van der Waals surface area contributed by atoms with E-state index in [0.717, 1.165) is 16.7 Å². The molecule has 0 spiro atoms. The number of rotatable bonds is 5. The van der Waals surface area contributed by atoms with Crippen LogP contribution in [0.25, 0.3) is 0 Å². The fraction of sp³-hybridized carbons (Fsp3) is 0.300. The summed E-state index contributed by atoms with van der Waals surface area (Å²) in [6, 6.07) is 21.2. The summed E-state index contributed by atoms with van der Waals surface area (Å²) in [5.74, 6) is -0.902. The van der Waals surface area contributed by atoms with Crippen LogP contribution in [0.15, 0.2) is 72.8 Å². The highest BCUT2D eigenvalue weighted by atomic mass is 35.5. The first kappa shape index (κ1) is 27.2. The van der Waals surface area contributed by atoms with Crippen molar-refractivity contribution in [2.24, 2.45) is 0 Å². The van der Waals surface area contributed by atoms with E-state index in [4.69, 9.17) is 11.6 Å². The zero-order chi connectivity index (χ0) is 27.4.